The molecular formula is C24H19N3O2. The van der Waals surface area contributed by atoms with Crippen LogP contribution in [0.4, 0.5) is 0 Å². The molecule has 0 saturated heterocycles. The molecule has 0 fully saturated rings. The highest BCUT2D eigenvalue weighted by atomic mass is 16.7. The summed E-state index contributed by atoms with van der Waals surface area (Å²) in [6.07, 6.45) is 8.31. The lowest BCUT2D eigenvalue weighted by atomic mass is 10.0. The van der Waals surface area contributed by atoms with Crippen LogP contribution >= 0.6 is 0 Å². The van der Waals surface area contributed by atoms with Crippen molar-refractivity contribution in [1.82, 2.24) is 9.55 Å². The zero-order valence-corrected chi connectivity index (χ0v) is 15.7. The number of rotatable bonds is 6. The molecule has 0 saturated carbocycles. The Kier molecular flexibility index (Phi) is 5.58. The molecule has 0 radical (unpaired) electrons. The van der Waals surface area contributed by atoms with Gasteiger partial charge < -0.3 is 9.40 Å². The summed E-state index contributed by atoms with van der Waals surface area (Å²) in [6, 6.07) is 23.7. The molecule has 0 unspecified atom stereocenters. The maximum absolute atomic E-state index is 12.1. The Morgan fingerprint density at radius 1 is 1.00 bits per heavy atom. The van der Waals surface area contributed by atoms with Crippen molar-refractivity contribution >= 4 is 28.5 Å². The minimum absolute atomic E-state index is 0.439. The third-order valence-corrected chi connectivity index (χ3v) is 4.43. The van der Waals surface area contributed by atoms with Crippen molar-refractivity contribution in [3.63, 3.8) is 0 Å². The van der Waals surface area contributed by atoms with E-state index < -0.39 is 5.97 Å². The van der Waals surface area contributed by atoms with Crippen LogP contribution in [-0.4, -0.2) is 21.2 Å². The summed E-state index contributed by atoms with van der Waals surface area (Å²) in [5.41, 5.74) is 2.44. The van der Waals surface area contributed by atoms with Gasteiger partial charge >= 0.3 is 5.97 Å². The van der Waals surface area contributed by atoms with Crippen molar-refractivity contribution in [3.8, 4) is 0 Å². The van der Waals surface area contributed by atoms with Gasteiger partial charge in [-0.25, -0.2) is 9.78 Å². The lowest BCUT2D eigenvalue weighted by Gasteiger charge is -2.08. The molecule has 0 N–H and O–H groups in total. The number of aromatic nitrogens is 2. The fourth-order valence-electron chi connectivity index (χ4n) is 2.95. The lowest BCUT2D eigenvalue weighted by Crippen LogP contribution is -2.12. The van der Waals surface area contributed by atoms with Gasteiger partial charge in [0.15, 0.2) is 0 Å². The predicted octanol–water partition coefficient (Wildman–Crippen LogP) is 4.70. The molecule has 0 amide bonds. The van der Waals surface area contributed by atoms with Crippen molar-refractivity contribution in [1.29, 1.82) is 0 Å². The van der Waals surface area contributed by atoms with Gasteiger partial charge in [0, 0.05) is 24.0 Å². The zero-order valence-electron chi connectivity index (χ0n) is 15.7. The van der Waals surface area contributed by atoms with Gasteiger partial charge in [0.05, 0.1) is 12.9 Å². The van der Waals surface area contributed by atoms with Crippen molar-refractivity contribution in [3.05, 3.63) is 109 Å². The molecule has 29 heavy (non-hydrogen) atoms. The highest BCUT2D eigenvalue weighted by Gasteiger charge is 2.08. The highest BCUT2D eigenvalue weighted by molar-refractivity contribution is 6.03. The van der Waals surface area contributed by atoms with Crippen molar-refractivity contribution in [2.45, 2.75) is 6.54 Å². The summed E-state index contributed by atoms with van der Waals surface area (Å²) in [4.78, 5) is 21.4. The largest absolute Gasteiger partial charge is 0.358 e. The Bertz CT molecular complexity index is 1160. The quantitative estimate of drug-likeness (QED) is 0.211. The number of fused-ring (bicyclic) bond motifs is 1. The summed E-state index contributed by atoms with van der Waals surface area (Å²) in [7, 11) is 0. The standard InChI is InChI=1S/C24H19N3O2/c28-24(13-10-19-6-2-1-3-7-19)29-26-23(17-27-15-14-25-18-27)22-12-11-20-8-4-5-9-21(20)16-22/h1-16,18H,17H2/b13-10+,26-23+. The van der Waals surface area contributed by atoms with Crippen LogP contribution in [0.1, 0.15) is 11.1 Å². The summed E-state index contributed by atoms with van der Waals surface area (Å²) in [5, 5.41) is 6.39. The molecule has 3 aromatic carbocycles. The second-order valence-corrected chi connectivity index (χ2v) is 6.49. The number of imidazole rings is 1. The average molecular weight is 381 g/mol. The Labute approximate surface area is 168 Å². The maximum Gasteiger partial charge on any atom is 0.358 e. The number of benzene rings is 3. The monoisotopic (exact) mass is 381 g/mol. The SMILES string of the molecule is O=C(/C=C/c1ccccc1)O/N=C(\Cn1ccnc1)c1ccc2ccccc2c1. The number of nitrogens with zero attached hydrogens (tertiary/aromatic N) is 3. The molecule has 1 heterocycles. The van der Waals surface area contributed by atoms with Gasteiger partial charge in [0.1, 0.15) is 5.71 Å². The van der Waals surface area contributed by atoms with E-state index in [9.17, 15) is 4.79 Å². The van der Waals surface area contributed by atoms with E-state index in [1.807, 2.05) is 77.5 Å². The first-order valence-corrected chi connectivity index (χ1v) is 9.24. The number of hydrogen-bond acceptors (Lipinski definition) is 4. The summed E-state index contributed by atoms with van der Waals surface area (Å²) >= 11 is 0. The van der Waals surface area contributed by atoms with E-state index in [0.717, 1.165) is 21.9 Å². The summed E-state index contributed by atoms with van der Waals surface area (Å²) in [6.45, 7) is 0.439. The van der Waals surface area contributed by atoms with Crippen LogP contribution in [-0.2, 0) is 16.2 Å². The van der Waals surface area contributed by atoms with Crippen LogP contribution < -0.4 is 0 Å². The molecule has 0 aliphatic carbocycles. The Morgan fingerprint density at radius 2 is 1.79 bits per heavy atom. The molecule has 142 valence electrons. The summed E-state index contributed by atoms with van der Waals surface area (Å²) < 4.78 is 1.88. The molecule has 1 aromatic heterocycles. The van der Waals surface area contributed by atoms with Gasteiger partial charge in [0.25, 0.3) is 0 Å². The van der Waals surface area contributed by atoms with E-state index in [4.69, 9.17) is 4.84 Å². The third kappa shape index (κ3) is 4.84. The zero-order chi connectivity index (χ0) is 19.9. The predicted molar refractivity (Wildman–Crippen MR) is 114 cm³/mol. The van der Waals surface area contributed by atoms with Crippen LogP contribution in [0, 0.1) is 0 Å². The first-order chi connectivity index (χ1) is 14.3. The van der Waals surface area contributed by atoms with E-state index in [1.54, 1.807) is 18.6 Å². The molecule has 4 rings (SSSR count). The molecule has 0 atom stereocenters. The van der Waals surface area contributed by atoms with E-state index in [0.29, 0.717) is 12.3 Å². The van der Waals surface area contributed by atoms with Crippen LogP contribution in [0.25, 0.3) is 16.8 Å². The minimum atomic E-state index is -0.530. The molecule has 0 aliphatic rings. The van der Waals surface area contributed by atoms with Crippen LogP contribution in [0.2, 0.25) is 0 Å². The van der Waals surface area contributed by atoms with Crippen molar-refractivity contribution in [2.75, 3.05) is 0 Å². The normalized spacial score (nSPS) is 11.8. The van der Waals surface area contributed by atoms with Gasteiger partial charge in [-0.3, -0.25) is 0 Å². The van der Waals surface area contributed by atoms with Gasteiger partial charge in [-0.2, -0.15) is 0 Å². The van der Waals surface area contributed by atoms with Crippen LogP contribution in [0.3, 0.4) is 0 Å². The second kappa shape index (κ2) is 8.80. The Hall–Kier alpha value is -3.99. The van der Waals surface area contributed by atoms with Crippen molar-refractivity contribution in [2.24, 2.45) is 5.16 Å². The highest BCUT2D eigenvalue weighted by Crippen LogP contribution is 2.17. The molecular weight excluding hydrogens is 362 g/mol. The van der Waals surface area contributed by atoms with Crippen molar-refractivity contribution < 1.29 is 9.63 Å². The summed E-state index contributed by atoms with van der Waals surface area (Å²) in [5.74, 6) is -0.530. The smallest absolute Gasteiger partial charge is 0.331 e. The topological polar surface area (TPSA) is 56.5 Å². The van der Waals surface area contributed by atoms with E-state index >= 15 is 0 Å². The fourth-order valence-corrected chi connectivity index (χ4v) is 2.95. The second-order valence-electron chi connectivity index (χ2n) is 6.49. The van der Waals surface area contributed by atoms with E-state index in [-0.39, 0.29) is 0 Å². The third-order valence-electron chi connectivity index (χ3n) is 4.43. The number of carbonyl (C=O) groups excluding carboxylic acids is 1. The first kappa shape index (κ1) is 18.4. The number of carbonyl (C=O) groups is 1. The van der Waals surface area contributed by atoms with Crippen LogP contribution in [0.15, 0.2) is 103 Å². The number of oxime groups is 1. The molecule has 0 bridgehead atoms. The van der Waals surface area contributed by atoms with Gasteiger partial charge in [-0.15, -0.1) is 0 Å². The Morgan fingerprint density at radius 3 is 2.59 bits per heavy atom. The Balaban J connectivity index is 1.57. The van der Waals surface area contributed by atoms with E-state index in [1.165, 1.54) is 6.08 Å². The van der Waals surface area contributed by atoms with Gasteiger partial charge in [-0.1, -0.05) is 71.9 Å². The van der Waals surface area contributed by atoms with Gasteiger partial charge in [-0.05, 0) is 28.5 Å². The van der Waals surface area contributed by atoms with Crippen LogP contribution in [0.5, 0.6) is 0 Å². The molecule has 0 aliphatic heterocycles. The average Bonchev–Trinajstić information content (AvgIpc) is 3.29. The van der Waals surface area contributed by atoms with E-state index in [2.05, 4.69) is 16.2 Å². The van der Waals surface area contributed by atoms with Gasteiger partial charge in [0.2, 0.25) is 0 Å². The fraction of sp³-hybridized carbons (Fsp3) is 0.0417. The molecule has 4 aromatic rings. The lowest BCUT2D eigenvalue weighted by molar-refractivity contribution is -0.137. The maximum atomic E-state index is 12.1. The first-order valence-electron chi connectivity index (χ1n) is 9.24. The molecule has 0 spiro atoms. The molecule has 5 heteroatoms. The molecule has 5 nitrogen and oxygen atoms in total. The minimum Gasteiger partial charge on any atom is -0.331 e. The number of hydrogen-bond donors (Lipinski definition) is 0.